The summed E-state index contributed by atoms with van der Waals surface area (Å²) in [5, 5.41) is 13.8. The number of piperazine rings is 1. The third-order valence-corrected chi connectivity index (χ3v) is 8.80. The molecular weight excluding hydrogens is 482 g/mol. The van der Waals surface area contributed by atoms with Gasteiger partial charge in [-0.05, 0) is 68.6 Å². The Morgan fingerprint density at radius 2 is 2.03 bits per heavy atom. The van der Waals surface area contributed by atoms with Crippen LogP contribution in [0, 0.1) is 11.3 Å². The molecule has 37 heavy (non-hydrogen) atoms. The number of rotatable bonds is 5. The second kappa shape index (κ2) is 10.5. The van der Waals surface area contributed by atoms with Crippen LogP contribution in [0.2, 0.25) is 0 Å². The number of nitrogens with one attached hydrogen (secondary N) is 1. The van der Waals surface area contributed by atoms with Gasteiger partial charge >= 0.3 is 6.03 Å². The molecule has 5 rings (SSSR count). The van der Waals surface area contributed by atoms with E-state index in [1.54, 1.807) is 0 Å². The number of fused-ring (bicyclic) bond motifs is 1. The van der Waals surface area contributed by atoms with Crippen LogP contribution in [0.3, 0.4) is 0 Å². The molecule has 0 radical (unpaired) electrons. The van der Waals surface area contributed by atoms with Gasteiger partial charge in [0.05, 0.1) is 17.7 Å². The molecule has 2 amide bonds. The molecule has 2 aliphatic heterocycles. The van der Waals surface area contributed by atoms with E-state index in [-0.39, 0.29) is 18.2 Å². The summed E-state index contributed by atoms with van der Waals surface area (Å²) in [6.07, 6.45) is 3.71. The van der Waals surface area contributed by atoms with Crippen LogP contribution >= 0.6 is 10.5 Å². The summed E-state index contributed by atoms with van der Waals surface area (Å²) < 4.78 is 5.78. The minimum absolute atomic E-state index is 0.00662. The van der Waals surface area contributed by atoms with Crippen LogP contribution in [-0.4, -0.2) is 66.1 Å². The van der Waals surface area contributed by atoms with Crippen molar-refractivity contribution in [1.29, 1.82) is 5.26 Å². The van der Waals surface area contributed by atoms with Gasteiger partial charge in [0.25, 0.3) is 0 Å². The lowest BCUT2D eigenvalue weighted by Gasteiger charge is -2.33. The highest BCUT2D eigenvalue weighted by molar-refractivity contribution is 8.34. The Bertz CT molecular complexity index is 1350. The summed E-state index contributed by atoms with van der Waals surface area (Å²) in [5.74, 6) is 5.06. The fraction of sp³-hybridized carbons (Fsp3) is 0.379. The van der Waals surface area contributed by atoms with Gasteiger partial charge in [0.2, 0.25) is 0 Å². The van der Waals surface area contributed by atoms with E-state index in [9.17, 15) is 10.1 Å². The van der Waals surface area contributed by atoms with Crippen molar-refractivity contribution >= 4 is 32.3 Å². The third kappa shape index (κ3) is 5.07. The molecule has 1 saturated heterocycles. The number of amides is 2. The van der Waals surface area contributed by atoms with Crippen LogP contribution in [0.15, 0.2) is 47.6 Å². The second-order valence-corrected chi connectivity index (χ2v) is 11.6. The van der Waals surface area contributed by atoms with Crippen molar-refractivity contribution in [3.63, 3.8) is 0 Å². The fourth-order valence-electron chi connectivity index (χ4n) is 5.16. The van der Waals surface area contributed by atoms with Gasteiger partial charge < -0.3 is 19.9 Å². The Morgan fingerprint density at radius 3 is 2.76 bits per heavy atom. The van der Waals surface area contributed by atoms with Crippen LogP contribution in [0.4, 0.5) is 4.79 Å². The van der Waals surface area contributed by atoms with E-state index in [0.29, 0.717) is 11.3 Å². The van der Waals surface area contributed by atoms with Gasteiger partial charge in [0, 0.05) is 42.8 Å². The van der Waals surface area contributed by atoms with Gasteiger partial charge in [-0.25, -0.2) is 9.79 Å². The Kier molecular flexibility index (Phi) is 7.18. The molecule has 2 atom stereocenters. The lowest BCUT2D eigenvalue weighted by atomic mass is 10.0. The standard InChI is InChI=1S/C29H33N5O2S/c1-19(2)36-26-11-8-20(16-21(26)17-30)28-31-18-27(37(28)4)24-7-5-6-23-22(24)9-10-25(23)32-29(35)34-14-12-33(3)13-15-34/h5-8,11,16,18-19,25H,4,9-10,12-15H2,1-3H3,(H,32,35). The zero-order valence-electron chi connectivity index (χ0n) is 21.7. The molecule has 1 N–H and O–H groups in total. The van der Waals surface area contributed by atoms with Gasteiger partial charge in [-0.15, -0.1) is 10.5 Å². The lowest BCUT2D eigenvalue weighted by Crippen LogP contribution is -2.51. The molecule has 1 fully saturated rings. The molecule has 192 valence electrons. The van der Waals surface area contributed by atoms with E-state index in [1.807, 2.05) is 43.1 Å². The van der Waals surface area contributed by atoms with E-state index in [2.05, 4.69) is 47.4 Å². The van der Waals surface area contributed by atoms with Crippen molar-refractivity contribution in [3.8, 4) is 11.8 Å². The number of carbonyl (C=O) groups is 1. The molecule has 3 aliphatic rings. The zero-order valence-corrected chi connectivity index (χ0v) is 22.5. The summed E-state index contributed by atoms with van der Waals surface area (Å²) in [6.45, 7) is 7.23. The summed E-state index contributed by atoms with van der Waals surface area (Å²) in [5.41, 5.74) is 5.01. The summed E-state index contributed by atoms with van der Waals surface area (Å²) in [7, 11) is 1.60. The number of hydrogen-bond donors (Lipinski definition) is 1. The molecular formula is C29H33N5O2S. The first-order valence-electron chi connectivity index (χ1n) is 12.7. The van der Waals surface area contributed by atoms with Gasteiger partial charge in [-0.1, -0.05) is 24.1 Å². The van der Waals surface area contributed by atoms with Crippen molar-refractivity contribution in [2.45, 2.75) is 38.8 Å². The smallest absolute Gasteiger partial charge is 0.317 e. The van der Waals surface area contributed by atoms with E-state index >= 15 is 0 Å². The quantitative estimate of drug-likeness (QED) is 0.583. The Morgan fingerprint density at radius 1 is 1.24 bits per heavy atom. The predicted molar refractivity (Wildman–Crippen MR) is 151 cm³/mol. The van der Waals surface area contributed by atoms with Crippen molar-refractivity contribution in [3.05, 3.63) is 70.4 Å². The van der Waals surface area contributed by atoms with Gasteiger partial charge in [0.15, 0.2) is 0 Å². The van der Waals surface area contributed by atoms with Gasteiger partial charge in [-0.2, -0.15) is 5.26 Å². The number of benzene rings is 2. The molecule has 2 heterocycles. The number of aliphatic imine (C=N–C) groups is 1. The van der Waals surface area contributed by atoms with Crippen LogP contribution < -0.4 is 10.1 Å². The number of urea groups is 1. The molecule has 2 unspecified atom stereocenters. The minimum Gasteiger partial charge on any atom is -0.490 e. The maximum absolute atomic E-state index is 12.9. The monoisotopic (exact) mass is 515 g/mol. The van der Waals surface area contributed by atoms with E-state index < -0.39 is 10.5 Å². The average Bonchev–Trinajstić information content (AvgIpc) is 3.47. The number of likely N-dealkylation sites (N-methyl/N-ethyl adjacent to an activating group) is 1. The minimum atomic E-state index is -0.489. The van der Waals surface area contributed by atoms with Crippen LogP contribution in [-0.2, 0) is 6.42 Å². The summed E-state index contributed by atoms with van der Waals surface area (Å²) in [4.78, 5) is 22.9. The first kappa shape index (κ1) is 25.2. The molecule has 0 aromatic heterocycles. The Balaban J connectivity index is 1.33. The molecule has 0 saturated carbocycles. The van der Waals surface area contributed by atoms with Crippen molar-refractivity contribution in [1.82, 2.24) is 15.1 Å². The van der Waals surface area contributed by atoms with Crippen molar-refractivity contribution in [2.75, 3.05) is 33.2 Å². The number of nitriles is 1. The van der Waals surface area contributed by atoms with E-state index in [4.69, 9.17) is 9.73 Å². The Hall–Kier alpha value is -3.41. The normalized spacial score (nSPS) is 21.3. The molecule has 7 nitrogen and oxygen atoms in total. The topological polar surface area (TPSA) is 81.0 Å². The lowest BCUT2D eigenvalue weighted by molar-refractivity contribution is 0.151. The van der Waals surface area contributed by atoms with Crippen LogP contribution in [0.5, 0.6) is 5.75 Å². The molecule has 8 heteroatoms. The molecule has 2 aromatic rings. The third-order valence-electron chi connectivity index (χ3n) is 7.13. The maximum atomic E-state index is 12.9. The van der Waals surface area contributed by atoms with Gasteiger partial charge in [0.1, 0.15) is 16.9 Å². The average molecular weight is 516 g/mol. The largest absolute Gasteiger partial charge is 0.490 e. The number of nitrogens with zero attached hydrogens (tertiary/aromatic N) is 4. The highest BCUT2D eigenvalue weighted by Crippen LogP contribution is 2.45. The van der Waals surface area contributed by atoms with Crippen molar-refractivity contribution in [2.24, 2.45) is 4.99 Å². The second-order valence-electron chi connectivity index (χ2n) is 10.0. The number of hydrogen-bond acceptors (Lipinski definition) is 5. The number of ether oxygens (including phenoxy) is 1. The first-order chi connectivity index (χ1) is 17.9. The van der Waals surface area contributed by atoms with E-state index in [1.165, 1.54) is 11.1 Å². The van der Waals surface area contributed by atoms with Crippen LogP contribution in [0.1, 0.15) is 54.1 Å². The SMILES string of the molecule is C=S1C(c2cccc3c2CCC3NC(=O)N2CCN(C)CC2)=CN=C1c1ccc(OC(C)C)c(C#N)c1. The molecule has 1 aliphatic carbocycles. The van der Waals surface area contributed by atoms with Crippen molar-refractivity contribution < 1.29 is 9.53 Å². The Labute approximate surface area is 221 Å². The number of carbonyl (C=O) groups excluding carboxylic acids is 1. The summed E-state index contributed by atoms with van der Waals surface area (Å²) >= 11 is 0. The molecule has 2 aromatic carbocycles. The predicted octanol–water partition coefficient (Wildman–Crippen LogP) is 4.75. The molecule has 0 bridgehead atoms. The molecule has 0 spiro atoms. The zero-order chi connectivity index (χ0) is 26.1. The first-order valence-corrected chi connectivity index (χ1v) is 14.1. The summed E-state index contributed by atoms with van der Waals surface area (Å²) in [6, 6.07) is 14.3. The van der Waals surface area contributed by atoms with Crippen LogP contribution in [0.25, 0.3) is 4.91 Å². The van der Waals surface area contributed by atoms with E-state index in [0.717, 1.165) is 60.1 Å². The van der Waals surface area contributed by atoms with Gasteiger partial charge in [-0.3, -0.25) is 0 Å². The maximum Gasteiger partial charge on any atom is 0.317 e. The fourth-order valence-corrected chi connectivity index (χ4v) is 6.60. The highest BCUT2D eigenvalue weighted by Gasteiger charge is 2.30. The highest BCUT2D eigenvalue weighted by atomic mass is 32.2.